The first-order valence-corrected chi connectivity index (χ1v) is 6.93. The Hall–Kier alpha value is -1.02. The number of carbonyl (C=O) groups excluding carboxylic acids is 1. The molecule has 1 aliphatic carbocycles. The summed E-state index contributed by atoms with van der Waals surface area (Å²) in [6.45, 7) is 2.80. The van der Waals surface area contributed by atoms with Crippen LogP contribution in [0.4, 0.5) is 0 Å². The van der Waals surface area contributed by atoms with Gasteiger partial charge in [0.25, 0.3) is 0 Å². The quantitative estimate of drug-likeness (QED) is 0.721. The van der Waals surface area contributed by atoms with Gasteiger partial charge in [-0.15, -0.1) is 0 Å². The van der Waals surface area contributed by atoms with Crippen molar-refractivity contribution < 1.29 is 9.53 Å². The molecule has 1 saturated carbocycles. The Morgan fingerprint density at radius 3 is 2.83 bits per heavy atom. The van der Waals surface area contributed by atoms with Gasteiger partial charge in [0.2, 0.25) is 0 Å². The fourth-order valence-electron chi connectivity index (χ4n) is 2.11. The summed E-state index contributed by atoms with van der Waals surface area (Å²) in [4.78, 5) is 10.6. The molecule has 0 heterocycles. The number of carbonyl (C=O) groups is 1. The van der Waals surface area contributed by atoms with Crippen LogP contribution in [-0.4, -0.2) is 12.9 Å². The first kappa shape index (κ1) is 13.4. The summed E-state index contributed by atoms with van der Waals surface area (Å²) in [6, 6.07) is 5.75. The maximum absolute atomic E-state index is 10.6. The summed E-state index contributed by atoms with van der Waals surface area (Å²) in [7, 11) is 0. The highest BCUT2D eigenvalue weighted by Crippen LogP contribution is 2.30. The molecule has 1 aliphatic rings. The lowest BCUT2D eigenvalue weighted by atomic mass is 9.86. The van der Waals surface area contributed by atoms with Crippen LogP contribution >= 0.6 is 11.6 Å². The molecule has 0 radical (unpaired) electrons. The molecule has 2 rings (SSSR count). The van der Waals surface area contributed by atoms with Gasteiger partial charge in [-0.25, -0.2) is 0 Å². The van der Waals surface area contributed by atoms with E-state index in [0.717, 1.165) is 24.2 Å². The van der Waals surface area contributed by atoms with Crippen molar-refractivity contribution in [1.29, 1.82) is 0 Å². The molecule has 1 aromatic rings. The molecular weight excluding hydrogens is 248 g/mol. The molecule has 0 bridgehead atoms. The zero-order valence-electron chi connectivity index (χ0n) is 10.7. The molecule has 1 unspecified atom stereocenters. The van der Waals surface area contributed by atoms with Crippen molar-refractivity contribution in [1.82, 2.24) is 0 Å². The van der Waals surface area contributed by atoms with Crippen LogP contribution in [0, 0.1) is 5.92 Å². The van der Waals surface area contributed by atoms with Crippen molar-refractivity contribution in [3.63, 3.8) is 0 Å². The van der Waals surface area contributed by atoms with Gasteiger partial charge in [-0.2, -0.15) is 0 Å². The monoisotopic (exact) mass is 266 g/mol. The fourth-order valence-corrected chi connectivity index (χ4v) is 2.34. The molecule has 1 fully saturated rings. The number of rotatable bonds is 6. The number of hydrogen-bond donors (Lipinski definition) is 0. The van der Waals surface area contributed by atoms with E-state index in [4.69, 9.17) is 16.3 Å². The van der Waals surface area contributed by atoms with Crippen molar-refractivity contribution in [2.24, 2.45) is 5.92 Å². The zero-order chi connectivity index (χ0) is 13.0. The summed E-state index contributed by atoms with van der Waals surface area (Å²) in [5, 5.41) is 0.675. The molecule has 0 spiro atoms. The lowest BCUT2D eigenvalue weighted by molar-refractivity contribution is -0.108. The number of aldehydes is 1. The molecule has 0 amide bonds. The second kappa shape index (κ2) is 6.24. The zero-order valence-corrected chi connectivity index (χ0v) is 11.5. The molecule has 1 atom stereocenters. The van der Waals surface area contributed by atoms with Gasteiger partial charge in [0, 0.05) is 11.4 Å². The van der Waals surface area contributed by atoms with Crippen molar-refractivity contribution in [2.45, 2.75) is 38.5 Å². The molecule has 0 aliphatic heterocycles. The molecule has 0 saturated heterocycles. The summed E-state index contributed by atoms with van der Waals surface area (Å²) in [6.07, 6.45) is 5.33. The lowest BCUT2D eigenvalue weighted by Crippen LogP contribution is -2.19. The van der Waals surface area contributed by atoms with Crippen LogP contribution in [0.2, 0.25) is 5.02 Å². The highest BCUT2D eigenvalue weighted by molar-refractivity contribution is 6.30. The lowest BCUT2D eigenvalue weighted by Gasteiger charge is -2.25. The average Bonchev–Trinajstić information content (AvgIpc) is 2.26. The van der Waals surface area contributed by atoms with Gasteiger partial charge >= 0.3 is 0 Å². The van der Waals surface area contributed by atoms with Crippen LogP contribution < -0.4 is 4.74 Å². The normalized spacial score (nSPS) is 17.0. The summed E-state index contributed by atoms with van der Waals surface area (Å²) < 4.78 is 5.79. The van der Waals surface area contributed by atoms with E-state index in [1.807, 2.05) is 25.1 Å². The van der Waals surface area contributed by atoms with Crippen LogP contribution in [0.5, 0.6) is 5.75 Å². The molecule has 0 N–H and O–H groups in total. The third-order valence-corrected chi connectivity index (χ3v) is 3.84. The predicted molar refractivity (Wildman–Crippen MR) is 73.4 cm³/mol. The van der Waals surface area contributed by atoms with Gasteiger partial charge in [-0.05, 0) is 48.4 Å². The van der Waals surface area contributed by atoms with Crippen molar-refractivity contribution in [2.75, 3.05) is 6.61 Å². The largest absolute Gasteiger partial charge is 0.493 e. The average molecular weight is 267 g/mol. The van der Waals surface area contributed by atoms with Gasteiger partial charge < -0.3 is 9.53 Å². The number of halogens is 1. The molecule has 0 aromatic heterocycles. The minimum atomic E-state index is 0.187. The van der Waals surface area contributed by atoms with Gasteiger partial charge in [-0.1, -0.05) is 24.9 Å². The maximum atomic E-state index is 10.6. The fraction of sp³-hybridized carbons (Fsp3) is 0.533. The molecular formula is C15H19ClO2. The molecule has 2 nitrogen and oxygen atoms in total. The Labute approximate surface area is 113 Å². The first-order valence-electron chi connectivity index (χ1n) is 6.56. The van der Waals surface area contributed by atoms with Crippen LogP contribution in [0.25, 0.3) is 0 Å². The van der Waals surface area contributed by atoms with Crippen molar-refractivity contribution >= 4 is 17.9 Å². The summed E-state index contributed by atoms with van der Waals surface area (Å²) >= 11 is 6.09. The Balaban J connectivity index is 2.02. The van der Waals surface area contributed by atoms with Crippen LogP contribution in [0.1, 0.15) is 44.1 Å². The van der Waals surface area contributed by atoms with E-state index >= 15 is 0 Å². The van der Waals surface area contributed by atoms with Gasteiger partial charge in [0.1, 0.15) is 12.0 Å². The van der Waals surface area contributed by atoms with Crippen molar-refractivity contribution in [3.05, 3.63) is 28.8 Å². The molecule has 18 heavy (non-hydrogen) atoms. The second-order valence-corrected chi connectivity index (χ2v) is 5.57. The van der Waals surface area contributed by atoms with E-state index in [2.05, 4.69) is 0 Å². The summed E-state index contributed by atoms with van der Waals surface area (Å²) in [5.74, 6) is 1.72. The Morgan fingerprint density at radius 2 is 2.22 bits per heavy atom. The number of ether oxygens (including phenoxy) is 1. The van der Waals surface area contributed by atoms with Crippen molar-refractivity contribution in [3.8, 4) is 5.75 Å². The topological polar surface area (TPSA) is 26.3 Å². The Kier molecular flexibility index (Phi) is 4.65. The second-order valence-electron chi connectivity index (χ2n) is 5.13. The Morgan fingerprint density at radius 1 is 1.44 bits per heavy atom. The third kappa shape index (κ3) is 3.49. The minimum absolute atomic E-state index is 0.187. The van der Waals surface area contributed by atoms with E-state index in [9.17, 15) is 4.79 Å². The molecule has 3 heteroatoms. The van der Waals surface area contributed by atoms with E-state index in [-0.39, 0.29) is 5.92 Å². The third-order valence-electron chi connectivity index (χ3n) is 3.62. The molecule has 1 aromatic carbocycles. The summed E-state index contributed by atoms with van der Waals surface area (Å²) in [5.41, 5.74) is 1.07. The van der Waals surface area contributed by atoms with E-state index in [1.165, 1.54) is 19.3 Å². The van der Waals surface area contributed by atoms with Crippen LogP contribution in [0.15, 0.2) is 18.2 Å². The number of hydrogen-bond acceptors (Lipinski definition) is 2. The standard InChI is InChI=1S/C15H19ClO2/c1-11(5-6-17)13-7-14(16)9-15(8-13)18-10-12-3-2-4-12/h6-9,11-12H,2-5,10H2,1H3. The van der Waals surface area contributed by atoms with Gasteiger partial charge in [0.05, 0.1) is 6.61 Å². The van der Waals surface area contributed by atoms with Gasteiger partial charge in [0.15, 0.2) is 0 Å². The highest BCUT2D eigenvalue weighted by Gasteiger charge is 2.18. The minimum Gasteiger partial charge on any atom is -0.493 e. The highest BCUT2D eigenvalue weighted by atomic mass is 35.5. The Bertz CT molecular complexity index is 413. The van der Waals surface area contributed by atoms with Gasteiger partial charge in [-0.3, -0.25) is 0 Å². The van der Waals surface area contributed by atoms with E-state index in [0.29, 0.717) is 17.4 Å². The van der Waals surface area contributed by atoms with E-state index < -0.39 is 0 Å². The van der Waals surface area contributed by atoms with E-state index in [1.54, 1.807) is 0 Å². The smallest absolute Gasteiger partial charge is 0.121 e. The number of benzene rings is 1. The SMILES string of the molecule is CC(CC=O)c1cc(Cl)cc(OCC2CCC2)c1. The van der Waals surface area contributed by atoms with Crippen LogP contribution in [0.3, 0.4) is 0 Å². The maximum Gasteiger partial charge on any atom is 0.121 e. The van der Waals surface area contributed by atoms with Crippen LogP contribution in [-0.2, 0) is 4.79 Å². The first-order chi connectivity index (χ1) is 8.69. The molecule has 98 valence electrons. The predicted octanol–water partition coefficient (Wildman–Crippen LogP) is 4.21.